The summed E-state index contributed by atoms with van der Waals surface area (Å²) in [6.07, 6.45) is -0.540. The van der Waals surface area contributed by atoms with Crippen molar-refractivity contribution in [3.8, 4) is 0 Å². The molecular formula is C32H50N6O10. The minimum atomic E-state index is -1.51. The SMILES string of the molecule is CCCCCCCCOC(=O)CC[C@@H](NC(=O)[C@H](C)NC(=O)[C@@H](C)O[C@@H]1C(N=[N+]=[N-])[C@@H](OCc2ccccc2)O[C@H](CO)[C@H]1O)C(N)=O. The Balaban J connectivity index is 1.92. The highest BCUT2D eigenvalue weighted by molar-refractivity contribution is 5.92. The Bertz CT molecular complexity index is 1200. The molecule has 6 N–H and O–H groups in total. The predicted octanol–water partition coefficient (Wildman–Crippen LogP) is 1.89. The Hall–Kier alpha value is -3.79. The summed E-state index contributed by atoms with van der Waals surface area (Å²) in [5.74, 6) is -2.89. The smallest absolute Gasteiger partial charge is 0.305 e. The van der Waals surface area contributed by atoms with Gasteiger partial charge >= 0.3 is 5.97 Å². The lowest BCUT2D eigenvalue weighted by Gasteiger charge is -2.43. The first-order chi connectivity index (χ1) is 23.0. The van der Waals surface area contributed by atoms with Crippen LogP contribution in [0.2, 0.25) is 0 Å². The lowest BCUT2D eigenvalue weighted by atomic mass is 9.97. The second-order valence-corrected chi connectivity index (χ2v) is 11.7. The van der Waals surface area contributed by atoms with Gasteiger partial charge in [0.2, 0.25) is 17.7 Å². The third kappa shape index (κ3) is 13.7. The van der Waals surface area contributed by atoms with Crippen LogP contribution in [0.5, 0.6) is 0 Å². The number of ether oxygens (including phenoxy) is 4. The van der Waals surface area contributed by atoms with E-state index in [-0.39, 0.29) is 26.1 Å². The average Bonchev–Trinajstić information content (AvgIpc) is 3.07. The van der Waals surface area contributed by atoms with Crippen LogP contribution < -0.4 is 16.4 Å². The van der Waals surface area contributed by atoms with Crippen LogP contribution in [0.3, 0.4) is 0 Å². The fourth-order valence-electron chi connectivity index (χ4n) is 4.96. The summed E-state index contributed by atoms with van der Waals surface area (Å²) in [6.45, 7) is 4.57. The number of carbonyl (C=O) groups is 4. The van der Waals surface area contributed by atoms with Crippen molar-refractivity contribution >= 4 is 23.7 Å². The van der Waals surface area contributed by atoms with Gasteiger partial charge in [0, 0.05) is 11.3 Å². The maximum atomic E-state index is 13.0. The lowest BCUT2D eigenvalue weighted by Crippen LogP contribution is -2.61. The third-order valence-electron chi connectivity index (χ3n) is 7.80. The largest absolute Gasteiger partial charge is 0.466 e. The van der Waals surface area contributed by atoms with Crippen molar-refractivity contribution in [2.24, 2.45) is 10.8 Å². The topological polar surface area (TPSA) is 244 Å². The van der Waals surface area contributed by atoms with Gasteiger partial charge in [-0.1, -0.05) is 74.5 Å². The van der Waals surface area contributed by atoms with Crippen LogP contribution >= 0.6 is 0 Å². The Morgan fingerprint density at radius 2 is 1.75 bits per heavy atom. The van der Waals surface area contributed by atoms with Crippen molar-refractivity contribution in [2.75, 3.05) is 13.2 Å². The molecule has 2 rings (SSSR count). The maximum absolute atomic E-state index is 13.0. The molecular weight excluding hydrogens is 628 g/mol. The molecule has 0 aliphatic carbocycles. The summed E-state index contributed by atoms with van der Waals surface area (Å²) in [6, 6.07) is 5.46. The fourth-order valence-corrected chi connectivity index (χ4v) is 4.96. The predicted molar refractivity (Wildman–Crippen MR) is 173 cm³/mol. The first-order valence-electron chi connectivity index (χ1n) is 16.4. The molecule has 0 spiro atoms. The van der Waals surface area contributed by atoms with Gasteiger partial charge in [-0.05, 0) is 37.8 Å². The van der Waals surface area contributed by atoms with E-state index < -0.39 is 79.1 Å². The van der Waals surface area contributed by atoms with Gasteiger partial charge in [-0.3, -0.25) is 19.2 Å². The van der Waals surface area contributed by atoms with Gasteiger partial charge < -0.3 is 45.5 Å². The first-order valence-corrected chi connectivity index (χ1v) is 16.4. The zero-order chi connectivity index (χ0) is 35.5. The van der Waals surface area contributed by atoms with Gasteiger partial charge in [-0.2, -0.15) is 0 Å². The average molecular weight is 679 g/mol. The highest BCUT2D eigenvalue weighted by Gasteiger charge is 2.47. The fraction of sp³-hybridized carbons (Fsp3) is 0.688. The van der Waals surface area contributed by atoms with Crippen LogP contribution in [-0.2, 0) is 44.7 Å². The van der Waals surface area contributed by atoms with E-state index in [1.807, 2.05) is 18.2 Å². The minimum absolute atomic E-state index is 0.0548. The molecule has 1 aliphatic heterocycles. The molecule has 3 amide bonds. The normalized spacial score (nSPS) is 22.4. The molecule has 1 fully saturated rings. The van der Waals surface area contributed by atoms with Crippen molar-refractivity contribution < 1.29 is 48.3 Å². The summed E-state index contributed by atoms with van der Waals surface area (Å²) < 4.78 is 22.5. The number of nitrogens with two attached hydrogens (primary N) is 1. The number of rotatable bonds is 22. The number of carbonyl (C=O) groups excluding carboxylic acids is 4. The van der Waals surface area contributed by atoms with Crippen molar-refractivity contribution in [3.05, 3.63) is 46.3 Å². The molecule has 0 bridgehead atoms. The Kier molecular flexibility index (Phi) is 18.5. The van der Waals surface area contributed by atoms with Crippen molar-refractivity contribution in [1.29, 1.82) is 0 Å². The van der Waals surface area contributed by atoms with Gasteiger partial charge in [-0.25, -0.2) is 0 Å². The van der Waals surface area contributed by atoms with Crippen molar-refractivity contribution in [3.63, 3.8) is 0 Å². The van der Waals surface area contributed by atoms with E-state index in [4.69, 9.17) is 24.7 Å². The number of aliphatic hydroxyl groups excluding tert-OH is 2. The van der Waals surface area contributed by atoms with E-state index in [1.165, 1.54) is 20.3 Å². The van der Waals surface area contributed by atoms with Crippen molar-refractivity contribution in [1.82, 2.24) is 10.6 Å². The van der Waals surface area contributed by atoms with Gasteiger partial charge in [0.25, 0.3) is 0 Å². The standard InChI is InChI=1S/C32H50N6O10/c1-4-5-6-7-8-12-17-45-25(40)16-15-23(29(33)42)36-30(43)20(2)35-31(44)21(3)47-28-26(37-38-34)32(48-24(18-39)27(28)41)46-19-22-13-10-9-11-14-22/h9-11,13-14,20-21,23-24,26-28,32,39,41H,4-8,12,15-19H2,1-3H3,(H2,33,42)(H,35,44)(H,36,43)/t20-,21+,23+,24+,26?,27+,28+,32-/m0/s1. The first kappa shape index (κ1) is 40.4. The summed E-state index contributed by atoms with van der Waals surface area (Å²) >= 11 is 0. The molecule has 1 heterocycles. The van der Waals surface area contributed by atoms with Gasteiger partial charge in [0.05, 0.1) is 19.8 Å². The molecule has 8 atom stereocenters. The molecule has 48 heavy (non-hydrogen) atoms. The van der Waals surface area contributed by atoms with E-state index >= 15 is 0 Å². The zero-order valence-corrected chi connectivity index (χ0v) is 27.9. The molecule has 0 saturated carbocycles. The number of nitrogens with one attached hydrogen (secondary N) is 2. The zero-order valence-electron chi connectivity index (χ0n) is 27.9. The third-order valence-corrected chi connectivity index (χ3v) is 7.80. The Labute approximate surface area is 280 Å². The number of aliphatic hydroxyl groups is 2. The minimum Gasteiger partial charge on any atom is -0.466 e. The summed E-state index contributed by atoms with van der Waals surface area (Å²) in [4.78, 5) is 52.8. The second-order valence-electron chi connectivity index (χ2n) is 11.7. The molecule has 1 aliphatic rings. The van der Waals surface area contributed by atoms with E-state index in [1.54, 1.807) is 12.1 Å². The van der Waals surface area contributed by atoms with Gasteiger partial charge in [0.1, 0.15) is 42.5 Å². The molecule has 268 valence electrons. The van der Waals surface area contributed by atoms with Crippen LogP contribution in [0.15, 0.2) is 35.4 Å². The second kappa shape index (κ2) is 22.0. The highest BCUT2D eigenvalue weighted by atomic mass is 16.7. The Morgan fingerprint density at radius 1 is 1.06 bits per heavy atom. The number of hydrogen-bond acceptors (Lipinski definition) is 11. The number of amides is 3. The van der Waals surface area contributed by atoms with Gasteiger partial charge in [-0.15, -0.1) is 0 Å². The van der Waals surface area contributed by atoms with Gasteiger partial charge in [0.15, 0.2) is 6.29 Å². The molecule has 0 radical (unpaired) electrons. The lowest BCUT2D eigenvalue weighted by molar-refractivity contribution is -0.279. The number of hydrogen-bond donors (Lipinski definition) is 5. The van der Waals surface area contributed by atoms with Crippen LogP contribution in [0.1, 0.15) is 77.7 Å². The summed E-state index contributed by atoms with van der Waals surface area (Å²) in [5.41, 5.74) is 15.4. The number of unbranched alkanes of at least 4 members (excludes halogenated alkanes) is 5. The molecule has 0 aromatic heterocycles. The van der Waals surface area contributed by atoms with Crippen molar-refractivity contribution in [2.45, 2.75) is 128 Å². The maximum Gasteiger partial charge on any atom is 0.305 e. The van der Waals surface area contributed by atoms with E-state index in [9.17, 15) is 34.9 Å². The van der Waals surface area contributed by atoms with E-state index in [0.717, 1.165) is 37.7 Å². The van der Waals surface area contributed by atoms with E-state index in [2.05, 4.69) is 27.6 Å². The monoisotopic (exact) mass is 678 g/mol. The quantitative estimate of drug-likeness (QED) is 0.0392. The van der Waals surface area contributed by atoms with Crippen LogP contribution in [0, 0.1) is 0 Å². The Morgan fingerprint density at radius 3 is 2.40 bits per heavy atom. The molecule has 1 saturated heterocycles. The highest BCUT2D eigenvalue weighted by Crippen LogP contribution is 2.28. The molecule has 1 unspecified atom stereocenters. The van der Waals surface area contributed by atoms with Crippen LogP contribution in [0.25, 0.3) is 10.4 Å². The van der Waals surface area contributed by atoms with E-state index in [0.29, 0.717) is 0 Å². The molecule has 16 nitrogen and oxygen atoms in total. The summed E-state index contributed by atoms with van der Waals surface area (Å²) in [5, 5.41) is 29.2. The summed E-state index contributed by atoms with van der Waals surface area (Å²) in [7, 11) is 0. The molecule has 16 heteroatoms. The number of esters is 1. The number of benzene rings is 1. The molecule has 1 aromatic rings. The van der Waals surface area contributed by atoms with Crippen LogP contribution in [0.4, 0.5) is 0 Å². The number of nitrogens with zero attached hydrogens (tertiary/aromatic N) is 3. The number of primary amides is 1. The van der Waals surface area contributed by atoms with Crippen LogP contribution in [-0.4, -0.2) is 95.9 Å². The number of azide groups is 1. The molecule has 1 aromatic carbocycles.